The molecule has 86 valence electrons. The number of hydrogen-bond acceptors (Lipinski definition) is 2. The van der Waals surface area contributed by atoms with Crippen LogP contribution in [0.1, 0.15) is 23.9 Å². The van der Waals surface area contributed by atoms with E-state index in [1.807, 2.05) is 44.2 Å². The van der Waals surface area contributed by atoms with E-state index >= 15 is 0 Å². The minimum atomic E-state index is 0.629. The van der Waals surface area contributed by atoms with E-state index < -0.39 is 0 Å². The van der Waals surface area contributed by atoms with Crippen LogP contribution in [-0.4, -0.2) is 10.7 Å². The van der Waals surface area contributed by atoms with Gasteiger partial charge in [0.15, 0.2) is 0 Å². The highest BCUT2D eigenvalue weighted by Crippen LogP contribution is 2.14. The lowest BCUT2D eigenvalue weighted by Gasteiger charge is -2.06. The number of nitrogens with zero attached hydrogens (tertiary/aromatic N) is 2. The van der Waals surface area contributed by atoms with Crippen LogP contribution in [0.15, 0.2) is 47.5 Å². The minimum Gasteiger partial charge on any atom is -0.284 e. The van der Waals surface area contributed by atoms with Crippen molar-refractivity contribution in [3.05, 3.63) is 59.5 Å². The van der Waals surface area contributed by atoms with Crippen molar-refractivity contribution in [2.75, 3.05) is 0 Å². The number of pyridine rings is 1. The van der Waals surface area contributed by atoms with Gasteiger partial charge < -0.3 is 0 Å². The summed E-state index contributed by atoms with van der Waals surface area (Å²) >= 11 is 0. The lowest BCUT2D eigenvalue weighted by molar-refractivity contribution is 0.963. The van der Waals surface area contributed by atoms with Crippen molar-refractivity contribution < 1.29 is 0 Å². The third kappa shape index (κ3) is 3.00. The Hall–Kier alpha value is -1.96. The molecule has 1 aromatic heterocycles. The second-order valence-corrected chi connectivity index (χ2v) is 4.19. The Balaban J connectivity index is 2.48. The molecule has 0 fully saturated rings. The number of aromatic nitrogens is 1. The van der Waals surface area contributed by atoms with Crippen LogP contribution in [0.25, 0.3) is 6.08 Å². The predicted molar refractivity (Wildman–Crippen MR) is 73.1 cm³/mol. The first-order valence-corrected chi connectivity index (χ1v) is 5.68. The van der Waals surface area contributed by atoms with Crippen molar-refractivity contribution in [1.29, 1.82) is 0 Å². The van der Waals surface area contributed by atoms with Crippen LogP contribution in [0.5, 0.6) is 0 Å². The van der Waals surface area contributed by atoms with Crippen molar-refractivity contribution in [1.82, 2.24) is 4.98 Å². The summed E-state index contributed by atoms with van der Waals surface area (Å²) in [7, 11) is 0. The molecule has 1 aromatic rings. The quantitative estimate of drug-likeness (QED) is 0.662. The Morgan fingerprint density at radius 3 is 2.65 bits per heavy atom. The van der Waals surface area contributed by atoms with Gasteiger partial charge in [0.05, 0.1) is 12.2 Å². The molecule has 17 heavy (non-hydrogen) atoms. The van der Waals surface area contributed by atoms with Crippen LogP contribution < -0.4 is 0 Å². The average Bonchev–Trinajstić information content (AvgIpc) is 2.32. The lowest BCUT2D eigenvalue weighted by Crippen LogP contribution is -1.97. The Labute approximate surface area is 102 Å². The van der Waals surface area contributed by atoms with Crippen molar-refractivity contribution in [2.24, 2.45) is 4.99 Å². The molecule has 0 saturated heterocycles. The maximum Gasteiger partial charge on any atom is 0.0821 e. The van der Waals surface area contributed by atoms with E-state index in [9.17, 15) is 0 Å². The van der Waals surface area contributed by atoms with Gasteiger partial charge in [-0.2, -0.15) is 0 Å². The lowest BCUT2D eigenvalue weighted by atomic mass is 10.1. The number of allylic oxidation sites excluding steroid dienone is 4. The van der Waals surface area contributed by atoms with E-state index in [4.69, 9.17) is 0 Å². The van der Waals surface area contributed by atoms with Gasteiger partial charge in [-0.15, -0.1) is 0 Å². The van der Waals surface area contributed by atoms with Crippen LogP contribution in [0.4, 0.5) is 0 Å². The number of hydrogen-bond donors (Lipinski definition) is 0. The van der Waals surface area contributed by atoms with Gasteiger partial charge in [-0.05, 0) is 37.1 Å². The highest BCUT2D eigenvalue weighted by Gasteiger charge is 2.02. The maximum atomic E-state index is 4.54. The third-order valence-corrected chi connectivity index (χ3v) is 2.64. The van der Waals surface area contributed by atoms with Gasteiger partial charge in [0.25, 0.3) is 0 Å². The molecule has 0 bridgehead atoms. The van der Waals surface area contributed by atoms with Gasteiger partial charge in [-0.3, -0.25) is 9.98 Å². The predicted octanol–water partition coefficient (Wildman–Crippen LogP) is 3.49. The molecule has 2 rings (SSSR count). The van der Waals surface area contributed by atoms with Gasteiger partial charge in [0.2, 0.25) is 0 Å². The first kappa shape index (κ1) is 11.5. The molecule has 0 N–H and O–H groups in total. The molecular formula is C15H16N2. The van der Waals surface area contributed by atoms with E-state index in [-0.39, 0.29) is 0 Å². The summed E-state index contributed by atoms with van der Waals surface area (Å²) in [4.78, 5) is 9.03. The molecule has 2 nitrogen and oxygen atoms in total. The second kappa shape index (κ2) is 4.91. The van der Waals surface area contributed by atoms with Crippen LogP contribution in [0.2, 0.25) is 0 Å². The topological polar surface area (TPSA) is 25.2 Å². The molecule has 2 heteroatoms. The standard InChI is InChI=1S/C15H16N2/c1-11-4-6-12(2)16-10-15-14(8-5-11)9-7-13(3)17-15/h4-9H,1,10H2,2-3H3/b6-4-,8-5?,16-12?. The summed E-state index contributed by atoms with van der Waals surface area (Å²) in [5, 5.41) is 0. The smallest absolute Gasteiger partial charge is 0.0821 e. The van der Waals surface area contributed by atoms with Gasteiger partial charge in [-0.25, -0.2) is 0 Å². The molecule has 2 heterocycles. The minimum absolute atomic E-state index is 0.629. The summed E-state index contributed by atoms with van der Waals surface area (Å²) in [6.45, 7) is 8.58. The SMILES string of the molecule is C=C1C=Cc2ccc(C)nc2CN=C(C)/C=C\1. The van der Waals surface area contributed by atoms with Gasteiger partial charge in [0.1, 0.15) is 0 Å². The van der Waals surface area contributed by atoms with Crippen LogP contribution in [0.3, 0.4) is 0 Å². The van der Waals surface area contributed by atoms with Gasteiger partial charge in [0, 0.05) is 11.4 Å². The molecule has 0 atom stereocenters. The number of aliphatic imine (C=N–C) groups is 1. The molecular weight excluding hydrogens is 208 g/mol. The van der Waals surface area contributed by atoms with Crippen molar-refractivity contribution >= 4 is 11.8 Å². The van der Waals surface area contributed by atoms with E-state index in [0.717, 1.165) is 28.2 Å². The monoisotopic (exact) mass is 224 g/mol. The summed E-state index contributed by atoms with van der Waals surface area (Å²) in [5.74, 6) is 0. The maximum absolute atomic E-state index is 4.54. The van der Waals surface area contributed by atoms with Gasteiger partial charge >= 0.3 is 0 Å². The van der Waals surface area contributed by atoms with E-state index in [1.165, 1.54) is 0 Å². The molecule has 1 aliphatic heterocycles. The number of aryl methyl sites for hydroxylation is 1. The van der Waals surface area contributed by atoms with Crippen LogP contribution in [0, 0.1) is 6.92 Å². The normalized spacial score (nSPS) is 17.3. The molecule has 0 spiro atoms. The van der Waals surface area contributed by atoms with Crippen molar-refractivity contribution in [3.63, 3.8) is 0 Å². The molecule has 0 amide bonds. The number of rotatable bonds is 0. The highest BCUT2D eigenvalue weighted by atomic mass is 14.8. The van der Waals surface area contributed by atoms with Crippen molar-refractivity contribution in [2.45, 2.75) is 20.4 Å². The van der Waals surface area contributed by atoms with E-state index in [2.05, 4.69) is 22.6 Å². The largest absolute Gasteiger partial charge is 0.284 e. The fourth-order valence-corrected chi connectivity index (χ4v) is 1.63. The molecule has 1 aliphatic rings. The second-order valence-electron chi connectivity index (χ2n) is 4.19. The first-order chi connectivity index (χ1) is 8.15. The fraction of sp³-hybridized carbons (Fsp3) is 0.200. The Kier molecular flexibility index (Phi) is 3.33. The molecule has 0 aromatic carbocycles. The van der Waals surface area contributed by atoms with E-state index in [0.29, 0.717) is 6.54 Å². The molecule has 0 unspecified atom stereocenters. The molecule has 0 radical (unpaired) electrons. The zero-order valence-electron chi connectivity index (χ0n) is 10.3. The summed E-state index contributed by atoms with van der Waals surface area (Å²) in [6.07, 6.45) is 8.00. The molecule has 0 aliphatic carbocycles. The fourth-order valence-electron chi connectivity index (χ4n) is 1.63. The van der Waals surface area contributed by atoms with Crippen LogP contribution in [-0.2, 0) is 6.54 Å². The highest BCUT2D eigenvalue weighted by molar-refractivity contribution is 5.93. The Morgan fingerprint density at radius 2 is 1.82 bits per heavy atom. The van der Waals surface area contributed by atoms with Crippen molar-refractivity contribution in [3.8, 4) is 0 Å². The van der Waals surface area contributed by atoms with Gasteiger partial charge in [-0.1, -0.05) is 30.9 Å². The summed E-state index contributed by atoms with van der Waals surface area (Å²) < 4.78 is 0. The zero-order valence-corrected chi connectivity index (χ0v) is 10.3. The first-order valence-electron chi connectivity index (χ1n) is 5.68. The zero-order chi connectivity index (χ0) is 12.3. The average molecular weight is 224 g/mol. The van der Waals surface area contributed by atoms with E-state index in [1.54, 1.807) is 0 Å². The Morgan fingerprint density at radius 1 is 1.06 bits per heavy atom. The summed E-state index contributed by atoms with van der Waals surface area (Å²) in [5.41, 5.74) is 5.12. The third-order valence-electron chi connectivity index (χ3n) is 2.64. The van der Waals surface area contributed by atoms with Crippen LogP contribution >= 0.6 is 0 Å². The summed E-state index contributed by atoms with van der Waals surface area (Å²) in [6, 6.07) is 4.10. The Bertz CT molecular complexity index is 534. The number of fused-ring (bicyclic) bond motifs is 1. The molecule has 0 saturated carbocycles.